The quantitative estimate of drug-likeness (QED) is 0.0242. The molecule has 0 N–H and O–H groups in total. The molecule has 0 fully saturated rings. The van der Waals surface area contributed by atoms with E-state index in [-0.39, 0.29) is 75.4 Å². The van der Waals surface area contributed by atoms with Crippen molar-refractivity contribution in [1.82, 2.24) is 0 Å². The Labute approximate surface area is 417 Å². The Kier molecular flexibility index (Phi) is 51.6. The molecular formula is C46H94CaO14S2. The molecule has 0 saturated carbocycles. The van der Waals surface area contributed by atoms with Gasteiger partial charge in [-0.1, -0.05) is 155 Å². The molecule has 0 aliphatic carbocycles. The van der Waals surface area contributed by atoms with E-state index in [1.807, 2.05) is 27.7 Å². The summed E-state index contributed by atoms with van der Waals surface area (Å²) in [5.41, 5.74) is 0. The Morgan fingerprint density at radius 3 is 0.778 bits per heavy atom. The minimum Gasteiger partial charge on any atom is -0.726 e. The first-order valence-electron chi connectivity index (χ1n) is 24.4. The smallest absolute Gasteiger partial charge is 0.726 e. The van der Waals surface area contributed by atoms with Gasteiger partial charge in [-0.15, -0.1) is 0 Å². The van der Waals surface area contributed by atoms with E-state index in [1.165, 1.54) is 155 Å². The molecule has 0 aromatic carbocycles. The second-order valence-electron chi connectivity index (χ2n) is 17.1. The Hall–Kier alpha value is 0.760. The van der Waals surface area contributed by atoms with Crippen LogP contribution in [0.25, 0.3) is 0 Å². The van der Waals surface area contributed by atoms with Crippen molar-refractivity contribution in [2.45, 2.75) is 246 Å². The van der Waals surface area contributed by atoms with Gasteiger partial charge in [-0.05, 0) is 54.4 Å². The first-order chi connectivity index (χ1) is 29.5. The van der Waals surface area contributed by atoms with Crippen molar-refractivity contribution in [2.75, 3.05) is 52.9 Å². The maximum Gasteiger partial charge on any atom is 2.00 e. The van der Waals surface area contributed by atoms with Gasteiger partial charge in [0.15, 0.2) is 0 Å². The Bertz CT molecular complexity index is 1060. The molecule has 6 atom stereocenters. The van der Waals surface area contributed by atoms with Gasteiger partial charge >= 0.3 is 37.7 Å². The van der Waals surface area contributed by atoms with Gasteiger partial charge < -0.3 is 37.5 Å². The van der Waals surface area contributed by atoms with E-state index in [0.717, 1.165) is 26.1 Å². The molecule has 0 spiro atoms. The van der Waals surface area contributed by atoms with Crippen molar-refractivity contribution < 1.29 is 62.7 Å². The number of rotatable bonds is 46. The van der Waals surface area contributed by atoms with E-state index < -0.39 is 33.0 Å². The molecule has 0 aromatic heterocycles. The predicted molar refractivity (Wildman–Crippen MR) is 252 cm³/mol. The standard InChI is InChI=1S/2C23H48O7S.Ca/c2*1-5-6-7-8-9-10-11-12-13-14-15-16-17-27-18-21(2)28-19-22(3)29-20-23(4)30-31(24,25)26;/h2*21-23H,5-20H2,1-4H3,(H,24,25,26);/q;;+2/p-2. The van der Waals surface area contributed by atoms with Crippen LogP contribution < -0.4 is 0 Å². The van der Waals surface area contributed by atoms with Crippen LogP contribution in [0, 0.1) is 0 Å². The van der Waals surface area contributed by atoms with E-state index in [4.69, 9.17) is 28.4 Å². The van der Waals surface area contributed by atoms with Crippen LogP contribution in [0.1, 0.15) is 209 Å². The summed E-state index contributed by atoms with van der Waals surface area (Å²) in [5.74, 6) is 0. The molecule has 0 saturated heterocycles. The van der Waals surface area contributed by atoms with Gasteiger partial charge in [0, 0.05) is 13.2 Å². The van der Waals surface area contributed by atoms with Crippen LogP contribution in [0.5, 0.6) is 0 Å². The molecular weight excluding hydrogens is 881 g/mol. The average Bonchev–Trinajstić information content (AvgIpc) is 3.19. The third kappa shape index (κ3) is 58.8. The van der Waals surface area contributed by atoms with Crippen molar-refractivity contribution in [2.24, 2.45) is 0 Å². The van der Waals surface area contributed by atoms with E-state index in [2.05, 4.69) is 22.2 Å². The zero-order valence-electron chi connectivity index (χ0n) is 41.3. The first-order valence-corrected chi connectivity index (χ1v) is 27.1. The van der Waals surface area contributed by atoms with Crippen LogP contribution in [-0.4, -0.2) is 153 Å². The molecule has 6 unspecified atom stereocenters. The summed E-state index contributed by atoms with van der Waals surface area (Å²) in [6.45, 7) is 18.3. The summed E-state index contributed by atoms with van der Waals surface area (Å²) in [7, 11) is -9.41. The van der Waals surface area contributed by atoms with Crippen LogP contribution in [0.15, 0.2) is 0 Å². The van der Waals surface area contributed by atoms with Crippen molar-refractivity contribution in [3.8, 4) is 0 Å². The fraction of sp³-hybridized carbons (Fsp3) is 1.00. The normalized spacial score (nSPS) is 14.9. The molecule has 0 aliphatic rings. The SMILES string of the molecule is CCCCCCCCCCCCCCOCC(C)OCC(C)OCC(C)OS(=O)(=O)[O-].CCCCCCCCCCCCCCOCC(C)OCC(C)OCC(C)OS(=O)(=O)[O-].[Ca+2]. The molecule has 0 aromatic rings. The third-order valence-electron chi connectivity index (χ3n) is 10.0. The van der Waals surface area contributed by atoms with Crippen LogP contribution in [0.4, 0.5) is 0 Å². The second-order valence-corrected chi connectivity index (χ2v) is 19.2. The Morgan fingerprint density at radius 2 is 0.540 bits per heavy atom. The fourth-order valence-electron chi connectivity index (χ4n) is 6.44. The molecule has 0 amide bonds. The summed E-state index contributed by atoms with van der Waals surface area (Å²) >= 11 is 0. The third-order valence-corrected chi connectivity index (χ3v) is 11.1. The van der Waals surface area contributed by atoms with E-state index >= 15 is 0 Å². The van der Waals surface area contributed by atoms with E-state index in [1.54, 1.807) is 0 Å². The maximum atomic E-state index is 10.5. The van der Waals surface area contributed by atoms with Gasteiger partial charge in [-0.25, -0.2) is 16.8 Å². The Balaban J connectivity index is -0.00000112. The van der Waals surface area contributed by atoms with Crippen molar-refractivity contribution in [3.05, 3.63) is 0 Å². The zero-order valence-corrected chi connectivity index (χ0v) is 45.2. The molecule has 0 heterocycles. The maximum absolute atomic E-state index is 10.5. The summed E-state index contributed by atoms with van der Waals surface area (Å²) in [6, 6.07) is 0. The number of unbranched alkanes of at least 4 members (excludes halogenated alkanes) is 22. The van der Waals surface area contributed by atoms with Gasteiger partial charge in [0.2, 0.25) is 20.8 Å². The fourth-order valence-corrected chi connectivity index (χ4v) is 7.35. The zero-order chi connectivity index (χ0) is 46.7. The summed E-state index contributed by atoms with van der Waals surface area (Å²) in [4.78, 5) is 0. The molecule has 0 bridgehead atoms. The van der Waals surface area contributed by atoms with Crippen LogP contribution >= 0.6 is 0 Å². The first kappa shape index (κ1) is 68.0. The monoisotopic (exact) mass is 975 g/mol. The van der Waals surface area contributed by atoms with Gasteiger partial charge in [0.05, 0.1) is 76.3 Å². The van der Waals surface area contributed by atoms with E-state index in [9.17, 15) is 25.9 Å². The molecule has 14 nitrogen and oxygen atoms in total. The molecule has 63 heavy (non-hydrogen) atoms. The van der Waals surface area contributed by atoms with Gasteiger partial charge in [0.1, 0.15) is 0 Å². The summed E-state index contributed by atoms with van der Waals surface area (Å²) in [6.07, 6.45) is 29.7. The van der Waals surface area contributed by atoms with Gasteiger partial charge in [-0.3, -0.25) is 8.37 Å². The van der Waals surface area contributed by atoms with E-state index in [0.29, 0.717) is 26.4 Å². The average molecular weight is 975 g/mol. The second kappa shape index (κ2) is 47.8. The summed E-state index contributed by atoms with van der Waals surface area (Å²) in [5, 5.41) is 0. The molecule has 17 heteroatoms. The Morgan fingerprint density at radius 1 is 0.333 bits per heavy atom. The summed E-state index contributed by atoms with van der Waals surface area (Å²) < 4.78 is 105. The number of hydrogen-bond donors (Lipinski definition) is 0. The largest absolute Gasteiger partial charge is 2.00 e. The minimum absolute atomic E-state index is 0. The molecule has 0 aliphatic heterocycles. The molecule has 0 radical (unpaired) electrons. The predicted octanol–water partition coefficient (Wildman–Crippen LogP) is 10.4. The van der Waals surface area contributed by atoms with Crippen molar-refractivity contribution >= 4 is 58.5 Å². The van der Waals surface area contributed by atoms with Crippen LogP contribution in [0.3, 0.4) is 0 Å². The van der Waals surface area contributed by atoms with Gasteiger partial charge in [0.25, 0.3) is 0 Å². The molecule has 0 rings (SSSR count). The number of ether oxygens (including phenoxy) is 6. The molecule has 376 valence electrons. The van der Waals surface area contributed by atoms with Crippen molar-refractivity contribution in [3.63, 3.8) is 0 Å². The van der Waals surface area contributed by atoms with Crippen LogP contribution in [-0.2, 0) is 57.6 Å². The number of hydrogen-bond acceptors (Lipinski definition) is 14. The van der Waals surface area contributed by atoms with Crippen molar-refractivity contribution in [1.29, 1.82) is 0 Å². The van der Waals surface area contributed by atoms with Gasteiger partial charge in [-0.2, -0.15) is 0 Å². The minimum atomic E-state index is -4.70. The topological polar surface area (TPSA) is 188 Å². The van der Waals surface area contributed by atoms with Crippen LogP contribution in [0.2, 0.25) is 0 Å².